The Bertz CT molecular complexity index is 625. The van der Waals surface area contributed by atoms with Crippen molar-refractivity contribution in [2.45, 2.75) is 11.8 Å². The third-order valence-electron chi connectivity index (χ3n) is 3.24. The molecule has 19 heavy (non-hydrogen) atoms. The summed E-state index contributed by atoms with van der Waals surface area (Å²) in [6.45, 7) is 0.740. The summed E-state index contributed by atoms with van der Waals surface area (Å²) in [5.41, 5.74) is 3.03. The van der Waals surface area contributed by atoms with Gasteiger partial charge >= 0.3 is 0 Å². The van der Waals surface area contributed by atoms with Crippen LogP contribution in [0.25, 0.3) is 0 Å². The van der Waals surface area contributed by atoms with Crippen molar-refractivity contribution in [2.75, 3.05) is 6.61 Å². The Kier molecular flexibility index (Phi) is 3.62. The Morgan fingerprint density at radius 2 is 1.89 bits per heavy atom. The smallest absolute Gasteiger partial charge is 0.122 e. The van der Waals surface area contributed by atoms with Gasteiger partial charge in [0.2, 0.25) is 0 Å². The SMILES string of the molecule is Clc1ccc(Cl)c(C(Cl)c2ccc3c(c2)CCO3)c1. The van der Waals surface area contributed by atoms with Crippen molar-refractivity contribution in [3.8, 4) is 5.75 Å². The molecular formula is C15H11Cl3O. The van der Waals surface area contributed by atoms with Gasteiger partial charge in [-0.15, -0.1) is 11.6 Å². The first-order chi connectivity index (χ1) is 9.15. The van der Waals surface area contributed by atoms with Crippen LogP contribution in [0.1, 0.15) is 22.1 Å². The van der Waals surface area contributed by atoms with Crippen LogP contribution in [-0.4, -0.2) is 6.61 Å². The highest BCUT2D eigenvalue weighted by Gasteiger charge is 2.18. The molecule has 0 saturated carbocycles. The Morgan fingerprint density at radius 3 is 2.74 bits per heavy atom. The monoisotopic (exact) mass is 312 g/mol. The van der Waals surface area contributed by atoms with E-state index in [1.807, 2.05) is 18.2 Å². The molecule has 0 radical (unpaired) electrons. The highest BCUT2D eigenvalue weighted by Crippen LogP contribution is 2.37. The molecule has 1 heterocycles. The second-order valence-corrected chi connectivity index (χ2v) is 5.77. The van der Waals surface area contributed by atoms with Crippen LogP contribution in [0.15, 0.2) is 36.4 Å². The van der Waals surface area contributed by atoms with Crippen molar-refractivity contribution in [2.24, 2.45) is 0 Å². The number of halogens is 3. The molecule has 2 aromatic rings. The average molecular weight is 314 g/mol. The molecule has 3 rings (SSSR count). The normalized spacial score (nSPS) is 14.9. The van der Waals surface area contributed by atoms with Crippen molar-refractivity contribution in [3.05, 3.63) is 63.1 Å². The Morgan fingerprint density at radius 1 is 1.05 bits per heavy atom. The van der Waals surface area contributed by atoms with Crippen molar-refractivity contribution < 1.29 is 4.74 Å². The first kappa shape index (κ1) is 13.1. The van der Waals surface area contributed by atoms with Crippen molar-refractivity contribution in [1.82, 2.24) is 0 Å². The largest absolute Gasteiger partial charge is 0.493 e. The van der Waals surface area contributed by atoms with Gasteiger partial charge in [-0.2, -0.15) is 0 Å². The minimum Gasteiger partial charge on any atom is -0.493 e. The van der Waals surface area contributed by atoms with E-state index in [1.165, 1.54) is 5.56 Å². The fraction of sp³-hybridized carbons (Fsp3) is 0.200. The predicted molar refractivity (Wildman–Crippen MR) is 79.8 cm³/mol. The average Bonchev–Trinajstić information content (AvgIpc) is 2.88. The first-order valence-corrected chi connectivity index (χ1v) is 7.19. The van der Waals surface area contributed by atoms with Crippen molar-refractivity contribution in [3.63, 3.8) is 0 Å². The van der Waals surface area contributed by atoms with E-state index in [0.717, 1.165) is 29.9 Å². The van der Waals surface area contributed by atoms with Gasteiger partial charge < -0.3 is 4.74 Å². The lowest BCUT2D eigenvalue weighted by Gasteiger charge is -2.13. The number of rotatable bonds is 2. The Balaban J connectivity index is 1.99. The molecule has 1 atom stereocenters. The minimum absolute atomic E-state index is 0.308. The van der Waals surface area contributed by atoms with E-state index in [9.17, 15) is 0 Å². The van der Waals surface area contributed by atoms with Gasteiger partial charge in [0.1, 0.15) is 5.75 Å². The Labute approximate surface area is 127 Å². The maximum absolute atomic E-state index is 6.53. The van der Waals surface area contributed by atoms with Crippen molar-refractivity contribution >= 4 is 34.8 Å². The summed E-state index contributed by atoms with van der Waals surface area (Å²) in [5, 5.41) is 0.952. The molecule has 1 aliphatic heterocycles. The van der Waals surface area contributed by atoms with Crippen LogP contribution < -0.4 is 4.74 Å². The van der Waals surface area contributed by atoms with Gasteiger partial charge in [-0.25, -0.2) is 0 Å². The maximum Gasteiger partial charge on any atom is 0.122 e. The molecule has 1 unspecified atom stereocenters. The second-order valence-electron chi connectivity index (χ2n) is 4.49. The van der Waals surface area contributed by atoms with E-state index in [0.29, 0.717) is 10.0 Å². The highest BCUT2D eigenvalue weighted by molar-refractivity contribution is 6.35. The number of fused-ring (bicyclic) bond motifs is 1. The predicted octanol–water partition coefficient (Wildman–Crippen LogP) is 5.26. The fourth-order valence-corrected chi connectivity index (χ4v) is 3.03. The van der Waals surface area contributed by atoms with E-state index in [1.54, 1.807) is 12.1 Å². The molecular weight excluding hydrogens is 303 g/mol. The highest BCUT2D eigenvalue weighted by atomic mass is 35.5. The standard InChI is InChI=1S/C15H11Cl3O/c16-11-2-3-13(17)12(8-11)15(18)10-1-4-14-9(7-10)5-6-19-14/h1-4,7-8,15H,5-6H2. The molecule has 2 aromatic carbocycles. The molecule has 1 nitrogen and oxygen atoms in total. The lowest BCUT2D eigenvalue weighted by molar-refractivity contribution is 0.357. The molecule has 0 bridgehead atoms. The number of hydrogen-bond donors (Lipinski definition) is 0. The topological polar surface area (TPSA) is 9.23 Å². The van der Waals surface area contributed by atoms with Crippen LogP contribution in [0, 0.1) is 0 Å². The number of hydrogen-bond acceptors (Lipinski definition) is 1. The molecule has 0 fully saturated rings. The third kappa shape index (κ3) is 2.55. The van der Waals surface area contributed by atoms with Crippen molar-refractivity contribution in [1.29, 1.82) is 0 Å². The van der Waals surface area contributed by atoms with Crippen LogP contribution in [0.5, 0.6) is 5.75 Å². The molecule has 0 saturated heterocycles. The number of alkyl halides is 1. The summed E-state index contributed by atoms with van der Waals surface area (Å²) in [6, 6.07) is 11.4. The zero-order chi connectivity index (χ0) is 13.4. The van der Waals surface area contributed by atoms with Gasteiger partial charge in [-0.05, 0) is 41.0 Å². The quantitative estimate of drug-likeness (QED) is 0.687. The molecule has 0 spiro atoms. The van der Waals surface area contributed by atoms with E-state index in [4.69, 9.17) is 39.5 Å². The summed E-state index contributed by atoms with van der Waals surface area (Å²) < 4.78 is 5.49. The number of benzene rings is 2. The molecule has 0 aromatic heterocycles. The van der Waals surface area contributed by atoms with E-state index >= 15 is 0 Å². The van der Waals surface area contributed by atoms with Crippen LogP contribution >= 0.6 is 34.8 Å². The molecule has 0 amide bonds. The molecule has 98 valence electrons. The maximum atomic E-state index is 6.53. The van der Waals surface area contributed by atoms with Crippen LogP contribution in [0.4, 0.5) is 0 Å². The third-order valence-corrected chi connectivity index (χ3v) is 4.30. The summed E-state index contributed by atoms with van der Waals surface area (Å²) in [6.07, 6.45) is 0.927. The van der Waals surface area contributed by atoms with Crippen LogP contribution in [0.2, 0.25) is 10.0 Å². The summed E-state index contributed by atoms with van der Waals surface area (Å²) in [5.74, 6) is 0.949. The minimum atomic E-state index is -0.308. The zero-order valence-corrected chi connectivity index (χ0v) is 12.3. The van der Waals surface area contributed by atoms with E-state index < -0.39 is 0 Å². The molecule has 4 heteroatoms. The molecule has 0 aliphatic carbocycles. The summed E-state index contributed by atoms with van der Waals surface area (Å²) in [4.78, 5) is 0. The van der Waals surface area contributed by atoms with Gasteiger partial charge in [-0.1, -0.05) is 35.3 Å². The molecule has 0 N–H and O–H groups in total. The summed E-state index contributed by atoms with van der Waals surface area (Å²) >= 11 is 18.7. The van der Waals surface area contributed by atoms with Gasteiger partial charge in [0.05, 0.1) is 12.0 Å². The zero-order valence-electron chi connectivity index (χ0n) is 10.00. The summed E-state index contributed by atoms with van der Waals surface area (Å²) in [7, 11) is 0. The van der Waals surface area contributed by atoms with Gasteiger partial charge in [0.25, 0.3) is 0 Å². The fourth-order valence-electron chi connectivity index (χ4n) is 2.25. The van der Waals surface area contributed by atoms with E-state index in [2.05, 4.69) is 6.07 Å². The lowest BCUT2D eigenvalue weighted by atomic mass is 10.0. The van der Waals surface area contributed by atoms with E-state index in [-0.39, 0.29) is 5.38 Å². The molecule has 1 aliphatic rings. The van der Waals surface area contributed by atoms with Gasteiger partial charge in [-0.3, -0.25) is 0 Å². The second kappa shape index (κ2) is 5.24. The lowest BCUT2D eigenvalue weighted by Crippen LogP contribution is -1.95. The first-order valence-electron chi connectivity index (χ1n) is 6.00. The van der Waals surface area contributed by atoms with Gasteiger partial charge in [0.15, 0.2) is 0 Å². The van der Waals surface area contributed by atoms with Gasteiger partial charge in [0, 0.05) is 16.5 Å². The van der Waals surface area contributed by atoms with Crippen LogP contribution in [0.3, 0.4) is 0 Å². The number of ether oxygens (including phenoxy) is 1. The Hall–Kier alpha value is -0.890. The van der Waals surface area contributed by atoms with Crippen LogP contribution in [-0.2, 0) is 6.42 Å².